The molecule has 0 fully saturated rings. The summed E-state index contributed by atoms with van der Waals surface area (Å²) in [6.45, 7) is 2.11. The van der Waals surface area contributed by atoms with Crippen LogP contribution >= 0.6 is 0 Å². The van der Waals surface area contributed by atoms with Crippen LogP contribution < -0.4 is 10.9 Å². The van der Waals surface area contributed by atoms with Gasteiger partial charge in [0.1, 0.15) is 11.4 Å². The largest absolute Gasteiger partial charge is 0.355 e. The highest BCUT2D eigenvalue weighted by atomic mass is 19.1. The Morgan fingerprint density at radius 1 is 1.30 bits per heavy atom. The summed E-state index contributed by atoms with van der Waals surface area (Å²) in [5.74, 6) is -0.733. The number of amides is 1. The zero-order valence-corrected chi connectivity index (χ0v) is 11.3. The number of pyridine rings is 1. The Balaban J connectivity index is 2.42. The lowest BCUT2D eigenvalue weighted by molar-refractivity contribution is 0.0961. The van der Waals surface area contributed by atoms with Gasteiger partial charge in [0.15, 0.2) is 0 Å². The Hall–Kier alpha value is -2.43. The van der Waals surface area contributed by atoms with Gasteiger partial charge in [-0.2, -0.15) is 0 Å². The molecule has 2 aromatic rings. The molecule has 2 rings (SSSR count). The molecule has 1 amide bonds. The van der Waals surface area contributed by atoms with Gasteiger partial charge in [0, 0.05) is 13.2 Å². The smallest absolute Gasteiger partial charge is 0.263 e. The van der Waals surface area contributed by atoms with E-state index in [0.29, 0.717) is 6.54 Å². The van der Waals surface area contributed by atoms with Gasteiger partial charge in [-0.3, -0.25) is 9.59 Å². The lowest BCUT2D eigenvalue weighted by Gasteiger charge is -2.09. The molecule has 1 aromatic heterocycles. The molecule has 20 heavy (non-hydrogen) atoms. The summed E-state index contributed by atoms with van der Waals surface area (Å²) in [6, 6.07) is 7.47. The average molecular weight is 274 g/mol. The number of aromatic nitrogens is 1. The monoisotopic (exact) mass is 274 g/mol. The van der Waals surface area contributed by atoms with E-state index in [1.807, 2.05) is 6.92 Å². The number of carbonyl (C=O) groups excluding carboxylic acids is 1. The number of carbonyl (C=O) groups is 1. The topological polar surface area (TPSA) is 51.1 Å². The second-order valence-corrected chi connectivity index (χ2v) is 4.57. The van der Waals surface area contributed by atoms with E-state index in [-0.39, 0.29) is 16.9 Å². The Labute approximate surface area is 115 Å². The molecule has 5 heteroatoms. The molecular weight excluding hydrogens is 259 g/mol. The molecule has 0 spiro atoms. The van der Waals surface area contributed by atoms with Gasteiger partial charge in [-0.15, -0.1) is 0 Å². The molecule has 0 bridgehead atoms. The van der Waals surface area contributed by atoms with Crippen molar-refractivity contribution >= 4 is 5.91 Å². The van der Waals surface area contributed by atoms with Crippen molar-refractivity contribution in [2.45, 2.75) is 13.5 Å². The Morgan fingerprint density at radius 2 is 1.95 bits per heavy atom. The zero-order chi connectivity index (χ0) is 14.7. The third-order valence-corrected chi connectivity index (χ3v) is 2.96. The molecule has 0 saturated heterocycles. The van der Waals surface area contributed by atoms with E-state index >= 15 is 0 Å². The molecule has 1 N–H and O–H groups in total. The van der Waals surface area contributed by atoms with Gasteiger partial charge >= 0.3 is 0 Å². The van der Waals surface area contributed by atoms with Crippen molar-refractivity contribution < 1.29 is 9.18 Å². The van der Waals surface area contributed by atoms with E-state index < -0.39 is 5.91 Å². The third kappa shape index (κ3) is 2.93. The Morgan fingerprint density at radius 3 is 2.55 bits per heavy atom. The summed E-state index contributed by atoms with van der Waals surface area (Å²) in [6.07, 6.45) is 1.68. The standard InChI is InChI=1S/C15H15FN2O2/c1-10-7-13(14(19)17-2)15(20)18(8-10)9-11-3-5-12(16)6-4-11/h3-8H,9H2,1-2H3,(H,17,19). The van der Waals surface area contributed by atoms with Crippen molar-refractivity contribution in [2.75, 3.05) is 7.05 Å². The average Bonchev–Trinajstić information content (AvgIpc) is 2.44. The minimum absolute atomic E-state index is 0.106. The molecule has 1 heterocycles. The number of aryl methyl sites for hydroxylation is 1. The summed E-state index contributed by atoms with van der Waals surface area (Å²) in [5.41, 5.74) is 1.35. The zero-order valence-electron chi connectivity index (χ0n) is 11.3. The van der Waals surface area contributed by atoms with Crippen molar-refractivity contribution in [2.24, 2.45) is 0 Å². The van der Waals surface area contributed by atoms with Crippen LogP contribution in [-0.2, 0) is 6.54 Å². The molecule has 104 valence electrons. The number of halogens is 1. The Kier molecular flexibility index (Phi) is 3.98. The van der Waals surface area contributed by atoms with Crippen LogP contribution in [0.15, 0.2) is 41.3 Å². The lowest BCUT2D eigenvalue weighted by Crippen LogP contribution is -2.31. The SMILES string of the molecule is CNC(=O)c1cc(C)cn(Cc2ccc(F)cc2)c1=O. The first kappa shape index (κ1) is 14.0. The molecule has 4 nitrogen and oxygen atoms in total. The maximum absolute atomic E-state index is 12.9. The highest BCUT2D eigenvalue weighted by Crippen LogP contribution is 2.06. The highest BCUT2D eigenvalue weighted by molar-refractivity contribution is 5.93. The highest BCUT2D eigenvalue weighted by Gasteiger charge is 2.12. The van der Waals surface area contributed by atoms with E-state index in [9.17, 15) is 14.0 Å². The maximum atomic E-state index is 12.9. The van der Waals surface area contributed by atoms with Gasteiger partial charge in [0.25, 0.3) is 11.5 Å². The van der Waals surface area contributed by atoms with E-state index in [1.54, 1.807) is 24.4 Å². The minimum atomic E-state index is -0.411. The number of rotatable bonds is 3. The normalized spacial score (nSPS) is 10.3. The lowest BCUT2D eigenvalue weighted by atomic mass is 10.1. The summed E-state index contributed by atoms with van der Waals surface area (Å²) >= 11 is 0. The van der Waals surface area contributed by atoms with Crippen LogP contribution in [0.4, 0.5) is 4.39 Å². The number of nitrogens with one attached hydrogen (secondary N) is 1. The fourth-order valence-corrected chi connectivity index (χ4v) is 1.99. The molecule has 1 aromatic carbocycles. The Bertz CT molecular complexity index is 690. The van der Waals surface area contributed by atoms with E-state index in [0.717, 1.165) is 11.1 Å². The first-order valence-corrected chi connectivity index (χ1v) is 6.19. The van der Waals surface area contributed by atoms with Crippen molar-refractivity contribution in [3.05, 3.63) is 69.4 Å². The quantitative estimate of drug-likeness (QED) is 0.926. The van der Waals surface area contributed by atoms with Gasteiger partial charge in [0.2, 0.25) is 0 Å². The first-order chi connectivity index (χ1) is 9.51. The van der Waals surface area contributed by atoms with Crippen LogP contribution in [0.2, 0.25) is 0 Å². The number of hydrogen-bond acceptors (Lipinski definition) is 2. The second-order valence-electron chi connectivity index (χ2n) is 4.57. The second kappa shape index (κ2) is 5.69. The van der Waals surface area contributed by atoms with Crippen molar-refractivity contribution in [1.82, 2.24) is 9.88 Å². The molecule has 0 aliphatic carbocycles. The van der Waals surface area contributed by atoms with Gasteiger partial charge in [-0.25, -0.2) is 4.39 Å². The molecule has 0 saturated carbocycles. The van der Waals surface area contributed by atoms with Crippen molar-refractivity contribution in [3.8, 4) is 0 Å². The predicted molar refractivity (Wildman–Crippen MR) is 74.3 cm³/mol. The van der Waals surface area contributed by atoms with E-state index in [1.165, 1.54) is 23.7 Å². The van der Waals surface area contributed by atoms with Gasteiger partial charge in [-0.05, 0) is 36.2 Å². The van der Waals surface area contributed by atoms with Crippen LogP contribution in [0.3, 0.4) is 0 Å². The van der Waals surface area contributed by atoms with E-state index in [2.05, 4.69) is 5.32 Å². The molecule has 0 aliphatic heterocycles. The van der Waals surface area contributed by atoms with Crippen LogP contribution in [0, 0.1) is 12.7 Å². The van der Waals surface area contributed by atoms with Crippen LogP contribution in [0.1, 0.15) is 21.5 Å². The van der Waals surface area contributed by atoms with Gasteiger partial charge in [-0.1, -0.05) is 12.1 Å². The maximum Gasteiger partial charge on any atom is 0.263 e. The summed E-state index contributed by atoms with van der Waals surface area (Å²) < 4.78 is 14.3. The molecule has 0 aliphatic rings. The summed E-state index contributed by atoms with van der Waals surface area (Å²) in [5, 5.41) is 2.45. The molecule has 0 atom stereocenters. The van der Waals surface area contributed by atoms with Crippen LogP contribution in [-0.4, -0.2) is 17.5 Å². The molecule has 0 unspecified atom stereocenters. The first-order valence-electron chi connectivity index (χ1n) is 6.19. The fraction of sp³-hybridized carbons (Fsp3) is 0.200. The number of benzene rings is 1. The summed E-state index contributed by atoms with van der Waals surface area (Å²) in [7, 11) is 1.48. The van der Waals surface area contributed by atoms with Gasteiger partial charge in [0.05, 0.1) is 6.54 Å². The van der Waals surface area contributed by atoms with Crippen LogP contribution in [0.25, 0.3) is 0 Å². The number of hydrogen-bond donors (Lipinski definition) is 1. The van der Waals surface area contributed by atoms with Crippen LogP contribution in [0.5, 0.6) is 0 Å². The molecular formula is C15H15FN2O2. The fourth-order valence-electron chi connectivity index (χ4n) is 1.99. The van der Waals surface area contributed by atoms with Crippen molar-refractivity contribution in [1.29, 1.82) is 0 Å². The summed E-state index contributed by atoms with van der Waals surface area (Å²) in [4.78, 5) is 23.9. The van der Waals surface area contributed by atoms with Crippen molar-refractivity contribution in [3.63, 3.8) is 0 Å². The predicted octanol–water partition coefficient (Wildman–Crippen LogP) is 1.70. The van der Waals surface area contributed by atoms with E-state index in [4.69, 9.17) is 0 Å². The molecule has 0 radical (unpaired) electrons. The van der Waals surface area contributed by atoms with Gasteiger partial charge < -0.3 is 9.88 Å². The number of nitrogens with zero attached hydrogens (tertiary/aromatic N) is 1. The third-order valence-electron chi connectivity index (χ3n) is 2.96. The minimum Gasteiger partial charge on any atom is -0.355 e.